The normalized spacial score (nSPS) is 33.5. The maximum absolute atomic E-state index is 13.9. The number of amides is 2. The number of fused-ring (bicyclic) bond motifs is 1. The quantitative estimate of drug-likeness (QED) is 0.257. The first-order chi connectivity index (χ1) is 14.9. The Kier molecular flexibility index (Phi) is 8.13. The van der Waals surface area contributed by atoms with Crippen LogP contribution < -0.4 is 0 Å². The summed E-state index contributed by atoms with van der Waals surface area (Å²) < 4.78 is 4.68. The van der Waals surface area contributed by atoms with E-state index in [2.05, 4.69) is 29.4 Å². The second kappa shape index (κ2) is 10.3. The third kappa shape index (κ3) is 4.17. The number of likely N-dealkylation sites (tertiary alicyclic amines) is 1. The predicted molar refractivity (Wildman–Crippen MR) is 124 cm³/mol. The molecule has 3 aliphatic rings. The number of carbonyl (C=O) groups excluding carboxylic acids is 3. The fourth-order valence-electron chi connectivity index (χ4n) is 5.37. The number of aliphatic hydroxyl groups is 1. The van der Waals surface area contributed by atoms with Crippen molar-refractivity contribution in [2.24, 2.45) is 11.8 Å². The van der Waals surface area contributed by atoms with Crippen molar-refractivity contribution in [2.75, 3.05) is 32.8 Å². The molecule has 9 heteroatoms. The average Bonchev–Trinajstić information content (AvgIpc) is 3.32. The Morgan fingerprint density at radius 2 is 2.16 bits per heavy atom. The van der Waals surface area contributed by atoms with Gasteiger partial charge in [0.05, 0.1) is 23.2 Å². The summed E-state index contributed by atoms with van der Waals surface area (Å²) in [4.78, 5) is 43.8. The van der Waals surface area contributed by atoms with Crippen LogP contribution >= 0.6 is 27.7 Å². The van der Waals surface area contributed by atoms with Crippen LogP contribution in [0, 0.1) is 11.8 Å². The van der Waals surface area contributed by atoms with Gasteiger partial charge in [-0.2, -0.15) is 0 Å². The fourth-order valence-corrected chi connectivity index (χ4v) is 8.96. The lowest BCUT2D eigenvalue weighted by Gasteiger charge is -2.37. The number of esters is 1. The SMILES string of the molecule is C=CCN(CCCC)C(=O)C1N(CCCO)C(=O)[C@@H]2[C@H](C(=O)OCC)[C@H]3SC12CC3Br. The Labute approximate surface area is 197 Å². The van der Waals surface area contributed by atoms with Gasteiger partial charge in [0, 0.05) is 36.3 Å². The number of rotatable bonds is 11. The lowest BCUT2D eigenvalue weighted by Crippen LogP contribution is -2.55. The Bertz CT molecular complexity index is 722. The van der Waals surface area contributed by atoms with E-state index in [1.807, 2.05) is 0 Å². The first-order valence-electron chi connectivity index (χ1n) is 11.2. The van der Waals surface area contributed by atoms with Crippen molar-refractivity contribution in [3.05, 3.63) is 12.7 Å². The van der Waals surface area contributed by atoms with Gasteiger partial charge >= 0.3 is 5.97 Å². The topological polar surface area (TPSA) is 87.2 Å². The summed E-state index contributed by atoms with van der Waals surface area (Å²) in [6.07, 6.45) is 4.58. The van der Waals surface area contributed by atoms with E-state index in [1.165, 1.54) is 0 Å². The number of halogens is 1. The Hall–Kier alpha value is -1.06. The molecule has 7 nitrogen and oxygen atoms in total. The highest BCUT2D eigenvalue weighted by Crippen LogP contribution is 2.68. The third-order valence-electron chi connectivity index (χ3n) is 6.58. The molecule has 0 aromatic rings. The van der Waals surface area contributed by atoms with Gasteiger partial charge in [-0.25, -0.2) is 0 Å². The minimum Gasteiger partial charge on any atom is -0.466 e. The molecular weight excluding hydrogens is 484 g/mol. The average molecular weight is 517 g/mol. The van der Waals surface area contributed by atoms with Gasteiger partial charge in [-0.3, -0.25) is 14.4 Å². The molecule has 0 aliphatic carbocycles. The molecule has 3 saturated heterocycles. The van der Waals surface area contributed by atoms with Gasteiger partial charge in [-0.15, -0.1) is 18.3 Å². The van der Waals surface area contributed by atoms with Gasteiger partial charge in [0.2, 0.25) is 11.8 Å². The number of thioether (sulfide) groups is 1. The largest absolute Gasteiger partial charge is 0.466 e. The summed E-state index contributed by atoms with van der Waals surface area (Å²) in [6, 6.07) is -0.650. The minimum absolute atomic E-state index is 0.0348. The van der Waals surface area contributed by atoms with E-state index in [9.17, 15) is 19.5 Å². The molecule has 0 aromatic heterocycles. The summed E-state index contributed by atoms with van der Waals surface area (Å²) in [5.74, 6) is -1.73. The second-order valence-corrected chi connectivity index (χ2v) is 11.2. The maximum atomic E-state index is 13.9. The number of carbonyl (C=O) groups is 3. The van der Waals surface area contributed by atoms with Gasteiger partial charge in [0.1, 0.15) is 6.04 Å². The summed E-state index contributed by atoms with van der Waals surface area (Å²) in [7, 11) is 0. The van der Waals surface area contributed by atoms with Crippen LogP contribution in [0.4, 0.5) is 0 Å². The van der Waals surface area contributed by atoms with Crippen molar-refractivity contribution in [2.45, 2.75) is 60.4 Å². The highest BCUT2D eigenvalue weighted by atomic mass is 79.9. The van der Waals surface area contributed by atoms with Crippen molar-refractivity contribution in [3.63, 3.8) is 0 Å². The van der Waals surface area contributed by atoms with Crippen molar-refractivity contribution >= 4 is 45.5 Å². The van der Waals surface area contributed by atoms with Crippen molar-refractivity contribution < 1.29 is 24.2 Å². The van der Waals surface area contributed by atoms with Crippen molar-refractivity contribution in [1.82, 2.24) is 9.80 Å². The molecule has 0 radical (unpaired) electrons. The van der Waals surface area contributed by atoms with Crippen LogP contribution in [0.5, 0.6) is 0 Å². The third-order valence-corrected chi connectivity index (χ3v) is 9.80. The molecule has 174 valence electrons. The fraction of sp³-hybridized carbons (Fsp3) is 0.773. The van der Waals surface area contributed by atoms with Gasteiger partial charge in [-0.05, 0) is 26.2 Å². The lowest BCUT2D eigenvalue weighted by molar-refractivity contribution is -0.153. The van der Waals surface area contributed by atoms with Crippen LogP contribution in [-0.2, 0) is 19.1 Å². The van der Waals surface area contributed by atoms with Crippen LogP contribution in [0.3, 0.4) is 0 Å². The van der Waals surface area contributed by atoms with Crippen LogP contribution in [0.15, 0.2) is 12.7 Å². The molecule has 2 bridgehead atoms. The van der Waals surface area contributed by atoms with E-state index < -0.39 is 22.6 Å². The number of ether oxygens (including phenoxy) is 1. The molecule has 1 spiro atoms. The first-order valence-corrected chi connectivity index (χ1v) is 13.0. The number of aliphatic hydroxyl groups excluding tert-OH is 1. The summed E-state index contributed by atoms with van der Waals surface area (Å²) >= 11 is 5.34. The number of unbranched alkanes of at least 4 members (excludes halogenated alkanes) is 1. The van der Waals surface area contributed by atoms with Crippen LogP contribution in [0.1, 0.15) is 39.5 Å². The monoisotopic (exact) mass is 516 g/mol. The summed E-state index contributed by atoms with van der Waals surface area (Å²) in [6.45, 7) is 9.16. The Balaban J connectivity index is 2.01. The van der Waals surface area contributed by atoms with Crippen molar-refractivity contribution in [3.8, 4) is 0 Å². The lowest BCUT2D eigenvalue weighted by atomic mass is 9.71. The van der Waals surface area contributed by atoms with Crippen molar-refractivity contribution in [1.29, 1.82) is 0 Å². The van der Waals surface area contributed by atoms with E-state index in [1.54, 1.807) is 34.6 Å². The Morgan fingerprint density at radius 1 is 1.42 bits per heavy atom. The zero-order valence-electron chi connectivity index (χ0n) is 18.3. The minimum atomic E-state index is -0.661. The maximum Gasteiger partial charge on any atom is 0.310 e. The van der Waals surface area contributed by atoms with E-state index >= 15 is 0 Å². The molecule has 3 rings (SSSR count). The predicted octanol–water partition coefficient (Wildman–Crippen LogP) is 2.21. The molecule has 3 aliphatic heterocycles. The molecule has 2 amide bonds. The van der Waals surface area contributed by atoms with Gasteiger partial charge < -0.3 is 19.6 Å². The summed E-state index contributed by atoms with van der Waals surface area (Å²) in [5.41, 5.74) is 0. The molecule has 6 atom stereocenters. The highest BCUT2D eigenvalue weighted by Gasteiger charge is 2.76. The van der Waals surface area contributed by atoms with E-state index in [0.717, 1.165) is 12.8 Å². The zero-order chi connectivity index (χ0) is 22.8. The van der Waals surface area contributed by atoms with Gasteiger partial charge in [0.15, 0.2) is 0 Å². The molecule has 1 N–H and O–H groups in total. The number of hydrogen-bond acceptors (Lipinski definition) is 6. The van der Waals surface area contributed by atoms with E-state index in [4.69, 9.17) is 4.74 Å². The molecule has 31 heavy (non-hydrogen) atoms. The zero-order valence-corrected chi connectivity index (χ0v) is 20.7. The van der Waals surface area contributed by atoms with Crippen LogP contribution in [0.25, 0.3) is 0 Å². The van der Waals surface area contributed by atoms with Gasteiger partial charge in [-0.1, -0.05) is 35.4 Å². The van der Waals surface area contributed by atoms with E-state index in [-0.39, 0.29) is 41.1 Å². The molecule has 3 unspecified atom stereocenters. The van der Waals surface area contributed by atoms with Gasteiger partial charge in [0.25, 0.3) is 0 Å². The smallest absolute Gasteiger partial charge is 0.310 e. The second-order valence-electron chi connectivity index (χ2n) is 8.45. The molecule has 0 aromatic carbocycles. The van der Waals surface area contributed by atoms with E-state index in [0.29, 0.717) is 32.5 Å². The number of nitrogens with zero attached hydrogens (tertiary/aromatic N) is 2. The molecule has 3 fully saturated rings. The highest BCUT2D eigenvalue weighted by molar-refractivity contribution is 9.09. The number of alkyl halides is 1. The first kappa shape index (κ1) is 24.6. The van der Waals surface area contributed by atoms with Crippen LogP contribution in [0.2, 0.25) is 0 Å². The summed E-state index contributed by atoms with van der Waals surface area (Å²) in [5, 5.41) is 9.31. The molecule has 3 heterocycles. The molecular formula is C22H33BrN2O5S. The standard InChI is InChI=1S/C22H33BrN2O5S/c1-4-7-10-24(9-5-2)20(28)18-22-13-14(23)17(31-22)15(21(29)30-6-3)16(22)19(27)25(18)11-8-12-26/h5,14-18,26H,2,4,6-13H2,1,3H3/t14?,15-,16-,17-,18?,22?/m0/s1. The number of hydrogen-bond donors (Lipinski definition) is 1. The molecule has 0 saturated carbocycles. The van der Waals surface area contributed by atoms with Crippen LogP contribution in [-0.4, -0.2) is 86.4 Å². The Morgan fingerprint density at radius 3 is 2.77 bits per heavy atom.